The minimum absolute atomic E-state index is 0.629. The summed E-state index contributed by atoms with van der Waals surface area (Å²) >= 11 is 5.99. The smallest absolute Gasteiger partial charge is 0.122 e. The van der Waals surface area contributed by atoms with Crippen molar-refractivity contribution in [2.45, 2.75) is 13.0 Å². The molecular formula is C16H17ClO2. The van der Waals surface area contributed by atoms with E-state index in [0.717, 1.165) is 22.8 Å². The molecule has 0 spiro atoms. The maximum atomic E-state index is 5.99. The fourth-order valence-electron chi connectivity index (χ4n) is 1.89. The van der Waals surface area contributed by atoms with E-state index in [2.05, 4.69) is 12.1 Å². The van der Waals surface area contributed by atoms with Crippen LogP contribution in [0.1, 0.15) is 11.1 Å². The average Bonchev–Trinajstić information content (AvgIpc) is 2.45. The Bertz CT molecular complexity index is 511. The van der Waals surface area contributed by atoms with E-state index in [1.807, 2.05) is 36.4 Å². The molecule has 0 saturated heterocycles. The van der Waals surface area contributed by atoms with Gasteiger partial charge in [0.2, 0.25) is 0 Å². The third-order valence-electron chi connectivity index (χ3n) is 2.87. The van der Waals surface area contributed by atoms with Crippen molar-refractivity contribution in [2.24, 2.45) is 0 Å². The molecule has 3 heteroatoms. The molecule has 0 heterocycles. The molecular weight excluding hydrogens is 260 g/mol. The topological polar surface area (TPSA) is 18.5 Å². The van der Waals surface area contributed by atoms with E-state index >= 15 is 0 Å². The van der Waals surface area contributed by atoms with Gasteiger partial charge in [-0.25, -0.2) is 0 Å². The van der Waals surface area contributed by atoms with Gasteiger partial charge in [-0.2, -0.15) is 0 Å². The molecule has 0 amide bonds. The molecule has 0 aromatic heterocycles. The number of methoxy groups -OCH3 is 1. The summed E-state index contributed by atoms with van der Waals surface area (Å²) in [5.41, 5.74) is 2.25. The van der Waals surface area contributed by atoms with Crippen LogP contribution in [0.4, 0.5) is 0 Å². The predicted octanol–water partition coefficient (Wildman–Crippen LogP) is 4.11. The van der Waals surface area contributed by atoms with Crippen LogP contribution in [0.3, 0.4) is 0 Å². The third-order valence-corrected chi connectivity index (χ3v) is 3.10. The lowest BCUT2D eigenvalue weighted by Crippen LogP contribution is -2.01. The van der Waals surface area contributed by atoms with Crippen LogP contribution in [0.15, 0.2) is 48.5 Å². The van der Waals surface area contributed by atoms with Crippen molar-refractivity contribution in [3.63, 3.8) is 0 Å². The van der Waals surface area contributed by atoms with Gasteiger partial charge >= 0.3 is 0 Å². The SMILES string of the molecule is COc1ccc(Cl)cc1CCOCc1ccccc1. The van der Waals surface area contributed by atoms with Gasteiger partial charge in [0, 0.05) is 5.02 Å². The van der Waals surface area contributed by atoms with Crippen LogP contribution < -0.4 is 4.74 Å². The van der Waals surface area contributed by atoms with Crippen molar-refractivity contribution in [1.29, 1.82) is 0 Å². The summed E-state index contributed by atoms with van der Waals surface area (Å²) in [6.45, 7) is 1.27. The summed E-state index contributed by atoms with van der Waals surface area (Å²) in [5, 5.41) is 0.721. The molecule has 100 valence electrons. The van der Waals surface area contributed by atoms with E-state index < -0.39 is 0 Å². The van der Waals surface area contributed by atoms with Crippen LogP contribution in [0.5, 0.6) is 5.75 Å². The van der Waals surface area contributed by atoms with Gasteiger partial charge in [0.25, 0.3) is 0 Å². The molecule has 0 aliphatic heterocycles. The Hall–Kier alpha value is -1.51. The molecule has 0 aliphatic rings. The van der Waals surface area contributed by atoms with Crippen LogP contribution in [0.2, 0.25) is 5.02 Å². The van der Waals surface area contributed by atoms with Crippen molar-refractivity contribution in [2.75, 3.05) is 13.7 Å². The fraction of sp³-hybridized carbons (Fsp3) is 0.250. The Kier molecular flexibility index (Phi) is 5.25. The van der Waals surface area contributed by atoms with E-state index in [9.17, 15) is 0 Å². The summed E-state index contributed by atoms with van der Waals surface area (Å²) < 4.78 is 11.0. The third kappa shape index (κ3) is 4.27. The Balaban J connectivity index is 1.84. The molecule has 0 unspecified atom stereocenters. The first kappa shape index (κ1) is 13.9. The predicted molar refractivity (Wildman–Crippen MR) is 77.8 cm³/mol. The molecule has 2 nitrogen and oxygen atoms in total. The first-order valence-electron chi connectivity index (χ1n) is 6.23. The van der Waals surface area contributed by atoms with E-state index in [1.54, 1.807) is 7.11 Å². The van der Waals surface area contributed by atoms with Crippen molar-refractivity contribution in [1.82, 2.24) is 0 Å². The second-order valence-corrected chi connectivity index (χ2v) is 4.68. The zero-order valence-corrected chi connectivity index (χ0v) is 11.7. The summed E-state index contributed by atoms with van der Waals surface area (Å²) in [6.07, 6.45) is 0.788. The van der Waals surface area contributed by atoms with Gasteiger partial charge in [-0.05, 0) is 35.7 Å². The highest BCUT2D eigenvalue weighted by Gasteiger charge is 2.03. The van der Waals surface area contributed by atoms with E-state index in [0.29, 0.717) is 13.2 Å². The van der Waals surface area contributed by atoms with Crippen LogP contribution in [-0.4, -0.2) is 13.7 Å². The maximum absolute atomic E-state index is 5.99. The van der Waals surface area contributed by atoms with Crippen LogP contribution in [0.25, 0.3) is 0 Å². The first-order valence-corrected chi connectivity index (χ1v) is 6.61. The van der Waals surface area contributed by atoms with Crippen molar-refractivity contribution < 1.29 is 9.47 Å². The summed E-state index contributed by atoms with van der Waals surface area (Å²) in [6, 6.07) is 15.8. The summed E-state index contributed by atoms with van der Waals surface area (Å²) in [5.74, 6) is 0.854. The molecule has 0 bridgehead atoms. The average molecular weight is 277 g/mol. The van der Waals surface area contributed by atoms with Gasteiger partial charge in [-0.15, -0.1) is 0 Å². The molecule has 0 N–H and O–H groups in total. The molecule has 2 aromatic rings. The highest BCUT2D eigenvalue weighted by molar-refractivity contribution is 6.30. The zero-order chi connectivity index (χ0) is 13.5. The molecule has 0 atom stereocenters. The van der Waals surface area contributed by atoms with E-state index in [-0.39, 0.29) is 0 Å². The fourth-order valence-corrected chi connectivity index (χ4v) is 2.08. The van der Waals surface area contributed by atoms with Gasteiger partial charge in [0.15, 0.2) is 0 Å². The van der Waals surface area contributed by atoms with E-state index in [1.165, 1.54) is 5.56 Å². The van der Waals surface area contributed by atoms with Crippen molar-refractivity contribution in [3.8, 4) is 5.75 Å². The van der Waals surface area contributed by atoms with Gasteiger partial charge < -0.3 is 9.47 Å². The lowest BCUT2D eigenvalue weighted by Gasteiger charge is -2.09. The number of halogens is 1. The van der Waals surface area contributed by atoms with Gasteiger partial charge in [0.05, 0.1) is 20.3 Å². The quantitative estimate of drug-likeness (QED) is 0.739. The Labute approximate surface area is 118 Å². The molecule has 0 radical (unpaired) electrons. The second-order valence-electron chi connectivity index (χ2n) is 4.24. The minimum Gasteiger partial charge on any atom is -0.496 e. The van der Waals surface area contributed by atoms with Gasteiger partial charge in [-0.3, -0.25) is 0 Å². The van der Waals surface area contributed by atoms with E-state index in [4.69, 9.17) is 21.1 Å². The van der Waals surface area contributed by atoms with Crippen LogP contribution in [-0.2, 0) is 17.8 Å². The van der Waals surface area contributed by atoms with Crippen LogP contribution >= 0.6 is 11.6 Å². The lowest BCUT2D eigenvalue weighted by molar-refractivity contribution is 0.123. The van der Waals surface area contributed by atoms with Gasteiger partial charge in [-0.1, -0.05) is 41.9 Å². The Morgan fingerprint density at radius 1 is 1.05 bits per heavy atom. The largest absolute Gasteiger partial charge is 0.496 e. The summed E-state index contributed by atoms with van der Waals surface area (Å²) in [4.78, 5) is 0. The Morgan fingerprint density at radius 2 is 1.84 bits per heavy atom. The second kappa shape index (κ2) is 7.17. The monoisotopic (exact) mass is 276 g/mol. The number of hydrogen-bond acceptors (Lipinski definition) is 2. The highest BCUT2D eigenvalue weighted by Crippen LogP contribution is 2.23. The number of hydrogen-bond donors (Lipinski definition) is 0. The maximum Gasteiger partial charge on any atom is 0.122 e. The first-order chi connectivity index (χ1) is 9.29. The van der Waals surface area contributed by atoms with Gasteiger partial charge in [0.1, 0.15) is 5.75 Å². The minimum atomic E-state index is 0.629. The molecule has 0 aliphatic carbocycles. The number of rotatable bonds is 6. The van der Waals surface area contributed by atoms with Crippen molar-refractivity contribution >= 4 is 11.6 Å². The lowest BCUT2D eigenvalue weighted by atomic mass is 10.1. The molecule has 0 fully saturated rings. The molecule has 0 saturated carbocycles. The zero-order valence-electron chi connectivity index (χ0n) is 10.9. The normalized spacial score (nSPS) is 10.4. The molecule has 2 rings (SSSR count). The van der Waals surface area contributed by atoms with Crippen molar-refractivity contribution in [3.05, 3.63) is 64.7 Å². The molecule has 2 aromatic carbocycles. The molecule has 19 heavy (non-hydrogen) atoms. The highest BCUT2D eigenvalue weighted by atomic mass is 35.5. The number of benzene rings is 2. The van der Waals surface area contributed by atoms with Crippen LogP contribution in [0, 0.1) is 0 Å². The Morgan fingerprint density at radius 3 is 2.58 bits per heavy atom. The summed E-state index contributed by atoms with van der Waals surface area (Å²) in [7, 11) is 1.66. The number of ether oxygens (including phenoxy) is 2. The standard InChI is InChI=1S/C16H17ClO2/c1-18-16-8-7-15(17)11-14(16)9-10-19-12-13-5-3-2-4-6-13/h2-8,11H,9-10,12H2,1H3.